The maximum atomic E-state index is 13.1. The zero-order valence-corrected chi connectivity index (χ0v) is 20.6. The number of carbonyl (C=O) groups excluding carboxylic acids is 2. The monoisotopic (exact) mass is 500 g/mol. The predicted octanol–water partition coefficient (Wildman–Crippen LogP) is 4.56. The second kappa shape index (κ2) is 9.88. The lowest BCUT2D eigenvalue weighted by Gasteiger charge is -2.27. The van der Waals surface area contributed by atoms with Crippen molar-refractivity contribution in [3.8, 4) is 5.75 Å². The molecule has 1 amide bonds. The SMILES string of the molecule is COc1ccc(/C(O)=C2/C(=O)C(=O)N(CCN(C)C)C2c2ccc(C(C)C)cc2)cc1Br. The number of likely N-dealkylation sites (N-methyl/N-ethyl adjacent to an activating group) is 1. The molecule has 0 aromatic heterocycles. The van der Waals surface area contributed by atoms with Crippen molar-refractivity contribution in [2.45, 2.75) is 25.8 Å². The molecule has 32 heavy (non-hydrogen) atoms. The number of halogens is 1. The highest BCUT2D eigenvalue weighted by Crippen LogP contribution is 2.40. The molecule has 0 aliphatic carbocycles. The minimum absolute atomic E-state index is 0.100. The van der Waals surface area contributed by atoms with Crippen LogP contribution in [0.2, 0.25) is 0 Å². The summed E-state index contributed by atoms with van der Waals surface area (Å²) in [5, 5.41) is 11.2. The third kappa shape index (κ3) is 4.74. The highest BCUT2D eigenvalue weighted by molar-refractivity contribution is 9.10. The minimum Gasteiger partial charge on any atom is -0.507 e. The normalized spacial score (nSPS) is 18.1. The van der Waals surface area contributed by atoms with Crippen molar-refractivity contribution in [2.24, 2.45) is 0 Å². The van der Waals surface area contributed by atoms with E-state index in [0.717, 1.165) is 11.1 Å². The molecule has 1 aliphatic heterocycles. The maximum absolute atomic E-state index is 13.1. The van der Waals surface area contributed by atoms with Crippen molar-refractivity contribution < 1.29 is 19.4 Å². The van der Waals surface area contributed by atoms with Gasteiger partial charge in [0.05, 0.1) is 23.2 Å². The van der Waals surface area contributed by atoms with Gasteiger partial charge in [-0.3, -0.25) is 9.59 Å². The zero-order chi connectivity index (χ0) is 23.6. The summed E-state index contributed by atoms with van der Waals surface area (Å²) in [6.07, 6.45) is 0. The Hall–Kier alpha value is -2.64. The number of methoxy groups -OCH3 is 1. The Morgan fingerprint density at radius 1 is 1.16 bits per heavy atom. The number of benzene rings is 2. The lowest BCUT2D eigenvalue weighted by atomic mass is 9.93. The highest BCUT2D eigenvalue weighted by Gasteiger charge is 2.45. The van der Waals surface area contributed by atoms with Crippen LogP contribution in [-0.4, -0.2) is 60.9 Å². The molecule has 1 aliphatic rings. The zero-order valence-electron chi connectivity index (χ0n) is 19.1. The fourth-order valence-corrected chi connectivity index (χ4v) is 4.34. The van der Waals surface area contributed by atoms with Gasteiger partial charge in [0, 0.05) is 18.7 Å². The van der Waals surface area contributed by atoms with Crippen molar-refractivity contribution >= 4 is 33.4 Å². The Labute approximate surface area is 197 Å². The van der Waals surface area contributed by atoms with E-state index in [1.54, 1.807) is 30.2 Å². The van der Waals surface area contributed by atoms with Gasteiger partial charge in [0.2, 0.25) is 0 Å². The Balaban J connectivity index is 2.14. The molecule has 7 heteroatoms. The molecule has 6 nitrogen and oxygen atoms in total. The van der Waals surface area contributed by atoms with Crippen LogP contribution < -0.4 is 4.74 Å². The largest absolute Gasteiger partial charge is 0.507 e. The fraction of sp³-hybridized carbons (Fsp3) is 0.360. The van der Waals surface area contributed by atoms with Crippen LogP contribution in [0.5, 0.6) is 5.75 Å². The van der Waals surface area contributed by atoms with Gasteiger partial charge in [-0.15, -0.1) is 0 Å². The van der Waals surface area contributed by atoms with Gasteiger partial charge in [0.25, 0.3) is 11.7 Å². The quantitative estimate of drug-likeness (QED) is 0.342. The summed E-state index contributed by atoms with van der Waals surface area (Å²) in [5.41, 5.74) is 2.50. The second-order valence-corrected chi connectivity index (χ2v) is 9.32. The summed E-state index contributed by atoms with van der Waals surface area (Å²) < 4.78 is 5.90. The van der Waals surface area contributed by atoms with Crippen LogP contribution >= 0.6 is 15.9 Å². The molecule has 1 unspecified atom stereocenters. The average molecular weight is 501 g/mol. The Kier molecular flexibility index (Phi) is 7.41. The lowest BCUT2D eigenvalue weighted by molar-refractivity contribution is -0.140. The van der Waals surface area contributed by atoms with Gasteiger partial charge < -0.3 is 19.6 Å². The molecule has 1 saturated heterocycles. The summed E-state index contributed by atoms with van der Waals surface area (Å²) in [5.74, 6) is -0.503. The van der Waals surface area contributed by atoms with E-state index in [4.69, 9.17) is 4.74 Å². The predicted molar refractivity (Wildman–Crippen MR) is 129 cm³/mol. The van der Waals surface area contributed by atoms with Crippen LogP contribution in [0.3, 0.4) is 0 Å². The van der Waals surface area contributed by atoms with Crippen LogP contribution in [-0.2, 0) is 9.59 Å². The topological polar surface area (TPSA) is 70.1 Å². The van der Waals surface area contributed by atoms with Gasteiger partial charge in [0.15, 0.2) is 0 Å². The number of hydrogen-bond donors (Lipinski definition) is 1. The number of likely N-dealkylation sites (tertiary alicyclic amines) is 1. The molecule has 1 heterocycles. The summed E-state index contributed by atoms with van der Waals surface area (Å²) >= 11 is 3.42. The molecule has 0 saturated carbocycles. The summed E-state index contributed by atoms with van der Waals surface area (Å²) in [7, 11) is 5.38. The number of carbonyl (C=O) groups is 2. The van der Waals surface area contributed by atoms with Gasteiger partial charge in [-0.1, -0.05) is 38.1 Å². The average Bonchev–Trinajstić information content (AvgIpc) is 3.01. The Morgan fingerprint density at radius 2 is 1.81 bits per heavy atom. The van der Waals surface area contributed by atoms with Gasteiger partial charge >= 0.3 is 0 Å². The molecular formula is C25H29BrN2O4. The van der Waals surface area contributed by atoms with E-state index in [1.807, 2.05) is 43.3 Å². The van der Waals surface area contributed by atoms with Gasteiger partial charge in [-0.05, 0) is 65.3 Å². The lowest BCUT2D eigenvalue weighted by Crippen LogP contribution is -2.35. The van der Waals surface area contributed by atoms with E-state index in [1.165, 1.54) is 0 Å². The number of Topliss-reactive ketones (excluding diaryl/α,β-unsaturated/α-hetero) is 1. The van der Waals surface area contributed by atoms with Crippen molar-refractivity contribution in [3.05, 3.63) is 69.2 Å². The number of ether oxygens (including phenoxy) is 1. The molecule has 2 aromatic rings. The molecular weight excluding hydrogens is 472 g/mol. The van der Waals surface area contributed by atoms with Gasteiger partial charge in [-0.25, -0.2) is 0 Å². The summed E-state index contributed by atoms with van der Waals surface area (Å²) in [6.45, 7) is 5.19. The van der Waals surface area contributed by atoms with Gasteiger partial charge in [-0.2, -0.15) is 0 Å². The van der Waals surface area contributed by atoms with E-state index < -0.39 is 17.7 Å². The van der Waals surface area contributed by atoms with E-state index >= 15 is 0 Å². The molecule has 170 valence electrons. The van der Waals surface area contributed by atoms with E-state index in [2.05, 4.69) is 29.8 Å². The molecule has 1 atom stereocenters. The van der Waals surface area contributed by atoms with Crippen molar-refractivity contribution in [2.75, 3.05) is 34.3 Å². The summed E-state index contributed by atoms with van der Waals surface area (Å²) in [6, 6.07) is 12.3. The molecule has 2 aromatic carbocycles. The molecule has 0 radical (unpaired) electrons. The third-order valence-electron chi connectivity index (χ3n) is 5.67. The fourth-order valence-electron chi connectivity index (χ4n) is 3.80. The first kappa shape index (κ1) is 24.0. The van der Waals surface area contributed by atoms with Gasteiger partial charge in [0.1, 0.15) is 11.5 Å². The highest BCUT2D eigenvalue weighted by atomic mass is 79.9. The minimum atomic E-state index is -0.675. The maximum Gasteiger partial charge on any atom is 0.295 e. The van der Waals surface area contributed by atoms with E-state index in [-0.39, 0.29) is 11.3 Å². The Bertz CT molecular complexity index is 1040. The van der Waals surface area contributed by atoms with Crippen LogP contribution in [0.15, 0.2) is 52.5 Å². The molecule has 1 N–H and O–H groups in total. The van der Waals surface area contributed by atoms with E-state index in [9.17, 15) is 14.7 Å². The smallest absolute Gasteiger partial charge is 0.295 e. The first-order valence-corrected chi connectivity index (χ1v) is 11.3. The standard InChI is InChI=1S/C25H29BrN2O4/c1-15(2)16-6-8-17(9-7-16)22-21(24(30)25(31)28(22)13-12-27(3)4)23(29)18-10-11-20(32-5)19(26)14-18/h6-11,14-15,22,29H,12-13H2,1-5H3/b23-21-. The molecule has 3 rings (SSSR count). The first-order chi connectivity index (χ1) is 15.1. The number of amides is 1. The first-order valence-electron chi connectivity index (χ1n) is 10.5. The molecule has 0 bridgehead atoms. The molecule has 0 spiro atoms. The number of aliphatic hydroxyl groups excluding tert-OH is 1. The van der Waals surface area contributed by atoms with Crippen molar-refractivity contribution in [1.29, 1.82) is 0 Å². The number of ketones is 1. The van der Waals surface area contributed by atoms with Crippen LogP contribution in [0, 0.1) is 0 Å². The second-order valence-electron chi connectivity index (χ2n) is 8.47. The number of nitrogens with zero attached hydrogens (tertiary/aromatic N) is 2. The number of aliphatic hydroxyl groups is 1. The summed E-state index contributed by atoms with van der Waals surface area (Å²) in [4.78, 5) is 29.6. The Morgan fingerprint density at radius 3 is 2.34 bits per heavy atom. The van der Waals surface area contributed by atoms with Crippen molar-refractivity contribution in [1.82, 2.24) is 9.80 Å². The van der Waals surface area contributed by atoms with Crippen LogP contribution in [0.4, 0.5) is 0 Å². The van der Waals surface area contributed by atoms with Crippen LogP contribution in [0.1, 0.15) is 42.5 Å². The molecule has 1 fully saturated rings. The number of rotatable bonds is 7. The number of hydrogen-bond acceptors (Lipinski definition) is 5. The third-order valence-corrected chi connectivity index (χ3v) is 6.29. The van der Waals surface area contributed by atoms with Crippen LogP contribution in [0.25, 0.3) is 5.76 Å². The van der Waals surface area contributed by atoms with Crippen molar-refractivity contribution in [3.63, 3.8) is 0 Å². The van der Waals surface area contributed by atoms with E-state index in [0.29, 0.717) is 34.8 Å².